The summed E-state index contributed by atoms with van der Waals surface area (Å²) in [5.41, 5.74) is 0.508. The van der Waals surface area contributed by atoms with E-state index in [1.165, 1.54) is 25.3 Å². The van der Waals surface area contributed by atoms with Crippen LogP contribution in [0.25, 0.3) is 0 Å². The van der Waals surface area contributed by atoms with Crippen LogP contribution in [0, 0.1) is 0 Å². The second-order valence-electron chi connectivity index (χ2n) is 5.23. The average molecular weight is 373 g/mol. The van der Waals surface area contributed by atoms with Gasteiger partial charge in [0.25, 0.3) is 0 Å². The molecule has 1 aromatic carbocycles. The molecule has 0 amide bonds. The van der Waals surface area contributed by atoms with Gasteiger partial charge in [0.1, 0.15) is 11.5 Å². The minimum Gasteiger partial charge on any atom is -0.496 e. The Morgan fingerprint density at radius 3 is 2.46 bits per heavy atom. The molecule has 1 N–H and O–H groups in total. The number of ether oxygens (including phenoxy) is 2. The summed E-state index contributed by atoms with van der Waals surface area (Å²) in [6.07, 6.45) is -4.58. The van der Waals surface area contributed by atoms with Gasteiger partial charge < -0.3 is 14.8 Å². The van der Waals surface area contributed by atoms with Gasteiger partial charge in [0.15, 0.2) is 0 Å². The van der Waals surface area contributed by atoms with Crippen molar-refractivity contribution in [2.24, 2.45) is 0 Å². The Bertz CT molecular complexity index is 511. The molecule has 24 heavy (non-hydrogen) atoms. The Hall–Kier alpha value is -1.25. The molecule has 1 aliphatic heterocycles. The molecule has 0 bridgehead atoms. The van der Waals surface area contributed by atoms with Crippen LogP contribution in [0.3, 0.4) is 0 Å². The van der Waals surface area contributed by atoms with Crippen molar-refractivity contribution in [1.29, 1.82) is 0 Å². The van der Waals surface area contributed by atoms with Crippen molar-refractivity contribution >= 4 is 12.4 Å². The van der Waals surface area contributed by atoms with Crippen LogP contribution in [0.2, 0.25) is 0 Å². The quantitative estimate of drug-likeness (QED) is 0.777. The lowest BCUT2D eigenvalue weighted by atomic mass is 10.00. The van der Waals surface area contributed by atoms with Crippen molar-refractivity contribution in [3.05, 3.63) is 23.8 Å². The predicted molar refractivity (Wildman–Crippen MR) is 84.7 cm³/mol. The number of hydrogen-bond acceptors (Lipinski definition) is 4. The number of methoxy groups -OCH3 is 1. The van der Waals surface area contributed by atoms with Crippen molar-refractivity contribution < 1.29 is 27.0 Å². The number of nitrogens with zero attached hydrogens (tertiary/aromatic N) is 1. The van der Waals surface area contributed by atoms with Crippen molar-refractivity contribution in [3.8, 4) is 11.5 Å². The molecule has 138 valence electrons. The van der Waals surface area contributed by atoms with E-state index >= 15 is 0 Å². The average Bonchev–Trinajstić information content (AvgIpc) is 2.52. The molecule has 0 unspecified atom stereocenters. The van der Waals surface area contributed by atoms with Gasteiger partial charge in [-0.1, -0.05) is 0 Å². The number of halogens is 5. The maximum atomic E-state index is 13.0. The molecular weight excluding hydrogens is 352 g/mol. The molecule has 0 saturated carbocycles. The third kappa shape index (κ3) is 5.68. The first-order valence-electron chi connectivity index (χ1n) is 7.39. The second kappa shape index (κ2) is 9.29. The smallest absolute Gasteiger partial charge is 0.496 e. The van der Waals surface area contributed by atoms with Crippen molar-refractivity contribution in [2.75, 3.05) is 40.0 Å². The monoisotopic (exact) mass is 372 g/mol. The Balaban J connectivity index is 0.00000288. The molecule has 1 aromatic rings. The van der Waals surface area contributed by atoms with E-state index in [9.17, 15) is 17.6 Å². The van der Waals surface area contributed by atoms with Gasteiger partial charge >= 0.3 is 6.36 Å². The highest BCUT2D eigenvalue weighted by Crippen LogP contribution is 2.36. The number of benzene rings is 1. The molecule has 0 radical (unpaired) electrons. The van der Waals surface area contributed by atoms with Crippen LogP contribution >= 0.6 is 12.4 Å². The Kier molecular flexibility index (Phi) is 8.05. The number of nitrogens with one attached hydrogen (secondary N) is 1. The van der Waals surface area contributed by atoms with Crippen LogP contribution in [0.15, 0.2) is 18.2 Å². The number of rotatable bonds is 6. The summed E-state index contributed by atoms with van der Waals surface area (Å²) < 4.78 is 59.5. The van der Waals surface area contributed by atoms with Crippen LogP contribution in [0.4, 0.5) is 17.6 Å². The lowest BCUT2D eigenvalue weighted by molar-refractivity contribution is -0.274. The summed E-state index contributed by atoms with van der Waals surface area (Å²) in [6, 6.07) is 3.55. The van der Waals surface area contributed by atoms with Gasteiger partial charge in [0.2, 0.25) is 0 Å². The number of piperazine rings is 1. The molecule has 1 aliphatic rings. The first kappa shape index (κ1) is 20.8. The summed E-state index contributed by atoms with van der Waals surface area (Å²) in [7, 11) is 1.44. The third-order valence-electron chi connectivity index (χ3n) is 3.77. The Morgan fingerprint density at radius 2 is 1.92 bits per heavy atom. The molecule has 4 nitrogen and oxygen atoms in total. The van der Waals surface area contributed by atoms with E-state index < -0.39 is 13.0 Å². The second-order valence-corrected chi connectivity index (χ2v) is 5.23. The van der Waals surface area contributed by atoms with Crippen LogP contribution in [-0.4, -0.2) is 51.2 Å². The van der Waals surface area contributed by atoms with Crippen molar-refractivity contribution in [3.63, 3.8) is 0 Å². The van der Waals surface area contributed by atoms with Gasteiger partial charge in [0, 0.05) is 37.8 Å². The van der Waals surface area contributed by atoms with Gasteiger partial charge in [-0.05, 0) is 24.6 Å². The fourth-order valence-electron chi connectivity index (χ4n) is 2.80. The van der Waals surface area contributed by atoms with E-state index in [4.69, 9.17) is 4.74 Å². The Morgan fingerprint density at radius 1 is 1.25 bits per heavy atom. The van der Waals surface area contributed by atoms with Crippen LogP contribution in [-0.2, 0) is 0 Å². The molecule has 0 aliphatic carbocycles. The number of alkyl halides is 4. The Labute approximate surface area is 144 Å². The summed E-state index contributed by atoms with van der Waals surface area (Å²) in [4.78, 5) is 2.05. The standard InChI is InChI=1S/C15H20F4N2O2.ClH/c1-22-14-3-2-11(23-15(17,18)19)10-12(14)13(4-5-16)21-8-6-20-7-9-21;/h2-3,10,13,20H,4-9H2,1H3;1H/t13-;/m0./s1. The third-order valence-corrected chi connectivity index (χ3v) is 3.77. The van der Waals surface area contributed by atoms with Gasteiger partial charge in [-0.25, -0.2) is 0 Å². The molecule has 9 heteroatoms. The largest absolute Gasteiger partial charge is 0.573 e. The minimum absolute atomic E-state index is 0. The summed E-state index contributed by atoms with van der Waals surface area (Å²) in [5.74, 6) is 0.101. The molecule has 1 atom stereocenters. The summed E-state index contributed by atoms with van der Waals surface area (Å²) >= 11 is 0. The van der Waals surface area contributed by atoms with E-state index in [1.807, 2.05) is 4.90 Å². The minimum atomic E-state index is -4.77. The summed E-state index contributed by atoms with van der Waals surface area (Å²) in [5, 5.41) is 3.19. The normalized spacial score (nSPS) is 17.0. The highest BCUT2D eigenvalue weighted by Gasteiger charge is 2.32. The van der Waals surface area contributed by atoms with E-state index in [2.05, 4.69) is 10.1 Å². The molecule has 0 aromatic heterocycles. The lowest BCUT2D eigenvalue weighted by Gasteiger charge is -2.35. The van der Waals surface area contributed by atoms with E-state index in [1.54, 1.807) is 0 Å². The van der Waals surface area contributed by atoms with E-state index in [0.717, 1.165) is 13.1 Å². The SMILES string of the molecule is COc1ccc(OC(F)(F)F)cc1[C@H](CCF)N1CCNCC1.Cl. The van der Waals surface area contributed by atoms with Crippen LogP contribution in [0.1, 0.15) is 18.0 Å². The molecule has 1 fully saturated rings. The molecule has 0 spiro atoms. The van der Waals surface area contributed by atoms with Crippen LogP contribution in [0.5, 0.6) is 11.5 Å². The molecule has 1 saturated heterocycles. The molecular formula is C15H21ClF4N2O2. The topological polar surface area (TPSA) is 33.7 Å². The predicted octanol–water partition coefficient (Wildman–Crippen LogP) is 3.32. The van der Waals surface area contributed by atoms with E-state index in [0.29, 0.717) is 24.4 Å². The van der Waals surface area contributed by atoms with Crippen LogP contribution < -0.4 is 14.8 Å². The first-order chi connectivity index (χ1) is 10.9. The first-order valence-corrected chi connectivity index (χ1v) is 7.39. The van der Waals surface area contributed by atoms with Gasteiger partial charge in [-0.15, -0.1) is 25.6 Å². The summed E-state index contributed by atoms with van der Waals surface area (Å²) in [6.45, 7) is 2.33. The zero-order chi connectivity index (χ0) is 16.9. The maximum Gasteiger partial charge on any atom is 0.573 e. The van der Waals surface area contributed by atoms with E-state index in [-0.39, 0.29) is 30.6 Å². The van der Waals surface area contributed by atoms with Gasteiger partial charge in [0.05, 0.1) is 13.8 Å². The van der Waals surface area contributed by atoms with Crippen molar-refractivity contribution in [1.82, 2.24) is 10.2 Å². The highest BCUT2D eigenvalue weighted by molar-refractivity contribution is 5.85. The lowest BCUT2D eigenvalue weighted by Crippen LogP contribution is -2.45. The van der Waals surface area contributed by atoms with Gasteiger partial charge in [-0.3, -0.25) is 9.29 Å². The van der Waals surface area contributed by atoms with Gasteiger partial charge in [-0.2, -0.15) is 0 Å². The molecule has 1 heterocycles. The molecule has 2 rings (SSSR count). The number of hydrogen-bond donors (Lipinski definition) is 1. The fourth-order valence-corrected chi connectivity index (χ4v) is 2.80. The highest BCUT2D eigenvalue weighted by atomic mass is 35.5. The zero-order valence-corrected chi connectivity index (χ0v) is 14.1. The van der Waals surface area contributed by atoms with Crippen molar-refractivity contribution in [2.45, 2.75) is 18.8 Å². The maximum absolute atomic E-state index is 13.0. The fraction of sp³-hybridized carbons (Fsp3) is 0.600. The zero-order valence-electron chi connectivity index (χ0n) is 13.2.